The average molecular weight is 283 g/mol. The van der Waals surface area contributed by atoms with Gasteiger partial charge in [0.2, 0.25) is 0 Å². The van der Waals surface area contributed by atoms with E-state index in [-0.39, 0.29) is 0 Å². The summed E-state index contributed by atoms with van der Waals surface area (Å²) in [5.74, 6) is 1.71. The Morgan fingerprint density at radius 2 is 2.19 bits per heavy atom. The van der Waals surface area contributed by atoms with Crippen LogP contribution in [-0.4, -0.2) is 18.1 Å². The molecule has 1 N–H and O–H groups in total. The molecular weight excluding hydrogens is 264 g/mol. The van der Waals surface area contributed by atoms with Gasteiger partial charge in [-0.25, -0.2) is 0 Å². The average Bonchev–Trinajstić information content (AvgIpc) is 2.27. The number of nitrogens with one attached hydrogen (secondary N) is 1. The molecule has 0 radical (unpaired) electrons. The number of hydrogen-bond donors (Lipinski definition) is 1. The molecule has 2 unspecified atom stereocenters. The Bertz CT molecular complexity index is 323. The van der Waals surface area contributed by atoms with Gasteiger partial charge in [0, 0.05) is 16.4 Å². The van der Waals surface area contributed by atoms with Gasteiger partial charge in [-0.05, 0) is 72.3 Å². The van der Waals surface area contributed by atoms with Crippen molar-refractivity contribution in [2.75, 3.05) is 13.1 Å². The summed E-state index contributed by atoms with van der Waals surface area (Å²) in [7, 11) is 0. The highest BCUT2D eigenvalue weighted by molar-refractivity contribution is 9.10. The zero-order valence-electron chi connectivity index (χ0n) is 9.75. The first-order valence-corrected chi connectivity index (χ1v) is 6.90. The van der Waals surface area contributed by atoms with Gasteiger partial charge >= 0.3 is 0 Å². The zero-order chi connectivity index (χ0) is 11.4. The molecular formula is C13H19BrN2. The quantitative estimate of drug-likeness (QED) is 0.898. The molecule has 2 rings (SSSR count). The molecule has 0 saturated heterocycles. The molecule has 2 atom stereocenters. The fourth-order valence-corrected chi connectivity index (χ4v) is 2.54. The van der Waals surface area contributed by atoms with E-state index < -0.39 is 0 Å². The van der Waals surface area contributed by atoms with E-state index in [0.29, 0.717) is 0 Å². The Kier molecular flexibility index (Phi) is 4.36. The first kappa shape index (κ1) is 12.1. The van der Waals surface area contributed by atoms with E-state index in [0.717, 1.165) is 29.3 Å². The van der Waals surface area contributed by atoms with Gasteiger partial charge in [-0.3, -0.25) is 4.98 Å². The summed E-state index contributed by atoms with van der Waals surface area (Å²) >= 11 is 3.42. The van der Waals surface area contributed by atoms with Crippen LogP contribution in [0, 0.1) is 11.8 Å². The molecule has 0 amide bonds. The van der Waals surface area contributed by atoms with Crippen LogP contribution in [0.3, 0.4) is 0 Å². The lowest BCUT2D eigenvalue weighted by molar-refractivity contribution is 0.170. The summed E-state index contributed by atoms with van der Waals surface area (Å²) < 4.78 is 1.06. The molecule has 88 valence electrons. The van der Waals surface area contributed by atoms with Gasteiger partial charge in [-0.1, -0.05) is 6.92 Å². The van der Waals surface area contributed by atoms with Crippen molar-refractivity contribution in [1.29, 1.82) is 0 Å². The van der Waals surface area contributed by atoms with Crippen LogP contribution < -0.4 is 5.32 Å². The van der Waals surface area contributed by atoms with Crippen LogP contribution in [0.4, 0.5) is 0 Å². The van der Waals surface area contributed by atoms with E-state index in [1.165, 1.54) is 25.1 Å². The Hall–Kier alpha value is -0.410. The first-order chi connectivity index (χ1) is 7.79. The minimum atomic E-state index is 0.840. The minimum Gasteiger partial charge on any atom is -0.317 e. The van der Waals surface area contributed by atoms with E-state index in [1.54, 1.807) is 0 Å². The lowest BCUT2D eigenvalue weighted by Gasteiger charge is -2.36. The maximum atomic E-state index is 4.45. The number of halogens is 1. The van der Waals surface area contributed by atoms with Crippen molar-refractivity contribution >= 4 is 15.9 Å². The number of hydrogen-bond acceptors (Lipinski definition) is 2. The largest absolute Gasteiger partial charge is 0.317 e. The molecule has 0 aromatic carbocycles. The molecule has 1 aromatic rings. The van der Waals surface area contributed by atoms with Crippen LogP contribution in [0.5, 0.6) is 0 Å². The van der Waals surface area contributed by atoms with Crippen molar-refractivity contribution in [3.8, 4) is 0 Å². The normalized spacial score (nSPS) is 24.1. The maximum Gasteiger partial charge on any atom is 0.0413 e. The first-order valence-electron chi connectivity index (χ1n) is 6.10. The molecule has 3 heteroatoms. The fourth-order valence-electron chi connectivity index (χ4n) is 2.30. The number of pyridine rings is 1. The summed E-state index contributed by atoms with van der Waals surface area (Å²) in [6.45, 7) is 4.43. The molecule has 2 nitrogen and oxygen atoms in total. The SMILES string of the molecule is CCNCC1CCC1Cc1ccc(Br)cn1. The maximum absolute atomic E-state index is 4.45. The van der Waals surface area contributed by atoms with Gasteiger partial charge < -0.3 is 5.32 Å². The number of rotatable bonds is 5. The van der Waals surface area contributed by atoms with Crippen LogP contribution in [0.25, 0.3) is 0 Å². The smallest absolute Gasteiger partial charge is 0.0413 e. The predicted octanol–water partition coefficient (Wildman–Crippen LogP) is 3.02. The van der Waals surface area contributed by atoms with Gasteiger partial charge in [-0.15, -0.1) is 0 Å². The summed E-state index contributed by atoms with van der Waals surface area (Å²) in [4.78, 5) is 4.45. The van der Waals surface area contributed by atoms with Crippen molar-refractivity contribution in [3.63, 3.8) is 0 Å². The van der Waals surface area contributed by atoms with Crippen LogP contribution in [0.1, 0.15) is 25.5 Å². The van der Waals surface area contributed by atoms with Crippen molar-refractivity contribution in [2.45, 2.75) is 26.2 Å². The highest BCUT2D eigenvalue weighted by Crippen LogP contribution is 2.36. The van der Waals surface area contributed by atoms with E-state index in [2.05, 4.69) is 45.3 Å². The summed E-state index contributed by atoms with van der Waals surface area (Å²) in [6, 6.07) is 4.22. The van der Waals surface area contributed by atoms with Crippen LogP contribution in [-0.2, 0) is 6.42 Å². The Morgan fingerprint density at radius 3 is 2.75 bits per heavy atom. The van der Waals surface area contributed by atoms with E-state index in [4.69, 9.17) is 0 Å². The van der Waals surface area contributed by atoms with Crippen LogP contribution in [0.15, 0.2) is 22.8 Å². The molecule has 1 aliphatic rings. The second-order valence-electron chi connectivity index (χ2n) is 4.58. The molecule has 1 saturated carbocycles. The van der Waals surface area contributed by atoms with Gasteiger partial charge in [0.1, 0.15) is 0 Å². The fraction of sp³-hybridized carbons (Fsp3) is 0.615. The number of nitrogens with zero attached hydrogens (tertiary/aromatic N) is 1. The second kappa shape index (κ2) is 5.78. The van der Waals surface area contributed by atoms with Crippen LogP contribution in [0.2, 0.25) is 0 Å². The Morgan fingerprint density at radius 1 is 1.38 bits per heavy atom. The molecule has 1 heterocycles. The summed E-state index contributed by atoms with van der Waals surface area (Å²) in [5, 5.41) is 3.45. The topological polar surface area (TPSA) is 24.9 Å². The predicted molar refractivity (Wildman–Crippen MR) is 70.4 cm³/mol. The van der Waals surface area contributed by atoms with E-state index >= 15 is 0 Å². The van der Waals surface area contributed by atoms with Crippen molar-refractivity contribution in [3.05, 3.63) is 28.5 Å². The molecule has 0 bridgehead atoms. The highest BCUT2D eigenvalue weighted by atomic mass is 79.9. The molecule has 1 aliphatic carbocycles. The van der Waals surface area contributed by atoms with Crippen molar-refractivity contribution < 1.29 is 0 Å². The minimum absolute atomic E-state index is 0.840. The third kappa shape index (κ3) is 3.05. The molecule has 0 aliphatic heterocycles. The Labute approximate surface area is 106 Å². The third-order valence-corrected chi connectivity index (χ3v) is 3.96. The highest BCUT2D eigenvalue weighted by Gasteiger charge is 2.30. The zero-order valence-corrected chi connectivity index (χ0v) is 11.3. The second-order valence-corrected chi connectivity index (χ2v) is 5.49. The third-order valence-electron chi connectivity index (χ3n) is 3.49. The van der Waals surface area contributed by atoms with Crippen LogP contribution >= 0.6 is 15.9 Å². The summed E-state index contributed by atoms with van der Waals surface area (Å²) in [6.07, 6.45) is 5.79. The van der Waals surface area contributed by atoms with Gasteiger partial charge in [0.25, 0.3) is 0 Å². The monoisotopic (exact) mass is 282 g/mol. The summed E-state index contributed by atoms with van der Waals surface area (Å²) in [5.41, 5.74) is 1.23. The van der Waals surface area contributed by atoms with E-state index in [1.807, 2.05) is 6.20 Å². The van der Waals surface area contributed by atoms with Gasteiger partial charge in [0.05, 0.1) is 0 Å². The number of aromatic nitrogens is 1. The van der Waals surface area contributed by atoms with Crippen molar-refractivity contribution in [1.82, 2.24) is 10.3 Å². The molecule has 16 heavy (non-hydrogen) atoms. The van der Waals surface area contributed by atoms with Gasteiger partial charge in [-0.2, -0.15) is 0 Å². The van der Waals surface area contributed by atoms with Gasteiger partial charge in [0.15, 0.2) is 0 Å². The Balaban J connectivity index is 1.83. The standard InChI is InChI=1S/C13H19BrN2/c1-2-15-8-11-4-3-10(11)7-13-6-5-12(14)9-16-13/h5-6,9-11,15H,2-4,7-8H2,1H3. The molecule has 0 spiro atoms. The van der Waals surface area contributed by atoms with E-state index in [9.17, 15) is 0 Å². The lowest BCUT2D eigenvalue weighted by atomic mass is 9.71. The molecule has 1 fully saturated rings. The molecule has 1 aromatic heterocycles. The lowest BCUT2D eigenvalue weighted by Crippen LogP contribution is -2.36. The van der Waals surface area contributed by atoms with Crippen molar-refractivity contribution in [2.24, 2.45) is 11.8 Å².